The Hall–Kier alpha value is -1.40. The lowest BCUT2D eigenvalue weighted by atomic mass is 10.2. The van der Waals surface area contributed by atoms with E-state index < -0.39 is 13.0 Å². The second-order valence-corrected chi connectivity index (χ2v) is 11.2. The first-order valence-corrected chi connectivity index (χ1v) is 9.81. The molecule has 0 amide bonds. The Morgan fingerprint density at radius 3 is 2.63 bits per heavy atom. The quantitative estimate of drug-likeness (QED) is 0.252. The molecule has 1 rings (SSSR count). The second-order valence-electron chi connectivity index (χ2n) is 5.53. The Labute approximate surface area is 114 Å². The number of nitro benzene ring substituents is 1. The van der Waals surface area contributed by atoms with Crippen LogP contribution in [0.15, 0.2) is 18.2 Å². The number of benzene rings is 1. The summed E-state index contributed by atoms with van der Waals surface area (Å²) >= 11 is 0. The van der Waals surface area contributed by atoms with Crippen LogP contribution in [-0.4, -0.2) is 26.4 Å². The van der Waals surface area contributed by atoms with Gasteiger partial charge in [-0.25, -0.2) is 0 Å². The number of non-ortho nitro benzene ring substituents is 1. The standard InChI is InChI=1S/C13H20NO4Si/c1-11-5-6-12(14(15)16)9-13(11)18-10-17-7-8-19(2,3)4/h5-6,9H,1,7-8,10H2,2-4H3. The van der Waals surface area contributed by atoms with E-state index in [1.165, 1.54) is 12.1 Å². The average molecular weight is 282 g/mol. The molecule has 19 heavy (non-hydrogen) atoms. The zero-order chi connectivity index (χ0) is 14.5. The highest BCUT2D eigenvalue weighted by Crippen LogP contribution is 2.24. The highest BCUT2D eigenvalue weighted by atomic mass is 28.3. The fourth-order valence-electron chi connectivity index (χ4n) is 1.33. The van der Waals surface area contributed by atoms with Crippen LogP contribution in [0.4, 0.5) is 5.69 Å². The molecule has 0 N–H and O–H groups in total. The number of ether oxygens (including phenoxy) is 2. The van der Waals surface area contributed by atoms with Crippen molar-refractivity contribution < 1.29 is 14.4 Å². The van der Waals surface area contributed by atoms with E-state index in [0.29, 0.717) is 17.9 Å². The van der Waals surface area contributed by atoms with E-state index in [-0.39, 0.29) is 12.5 Å². The van der Waals surface area contributed by atoms with Gasteiger partial charge in [0.15, 0.2) is 6.79 Å². The summed E-state index contributed by atoms with van der Waals surface area (Å²) in [6.07, 6.45) is 0. The van der Waals surface area contributed by atoms with E-state index >= 15 is 0 Å². The third-order valence-electron chi connectivity index (χ3n) is 2.56. The summed E-state index contributed by atoms with van der Waals surface area (Å²) in [6, 6.07) is 5.39. The van der Waals surface area contributed by atoms with Gasteiger partial charge in [0.25, 0.3) is 5.69 Å². The van der Waals surface area contributed by atoms with Crippen LogP contribution in [-0.2, 0) is 4.74 Å². The molecule has 105 valence electrons. The summed E-state index contributed by atoms with van der Waals surface area (Å²) in [5.41, 5.74) is 0.601. The molecule has 0 fully saturated rings. The Balaban J connectivity index is 2.45. The molecule has 0 heterocycles. The molecule has 0 aliphatic rings. The van der Waals surface area contributed by atoms with E-state index in [0.717, 1.165) is 6.04 Å². The van der Waals surface area contributed by atoms with Gasteiger partial charge in [-0.3, -0.25) is 10.1 Å². The zero-order valence-corrected chi connectivity index (χ0v) is 12.6. The maximum Gasteiger partial charge on any atom is 0.273 e. The Kier molecular flexibility index (Phi) is 5.50. The van der Waals surface area contributed by atoms with Crippen LogP contribution in [0.3, 0.4) is 0 Å². The third kappa shape index (κ3) is 5.85. The van der Waals surface area contributed by atoms with Crippen molar-refractivity contribution >= 4 is 13.8 Å². The Bertz CT molecular complexity index is 443. The Morgan fingerprint density at radius 1 is 1.37 bits per heavy atom. The van der Waals surface area contributed by atoms with Crippen LogP contribution in [0, 0.1) is 17.0 Å². The van der Waals surface area contributed by atoms with Gasteiger partial charge in [-0.2, -0.15) is 0 Å². The highest BCUT2D eigenvalue weighted by molar-refractivity contribution is 6.76. The first kappa shape index (κ1) is 15.7. The van der Waals surface area contributed by atoms with Crippen LogP contribution in [0.25, 0.3) is 0 Å². The van der Waals surface area contributed by atoms with Crippen molar-refractivity contribution in [1.29, 1.82) is 0 Å². The third-order valence-corrected chi connectivity index (χ3v) is 4.26. The topological polar surface area (TPSA) is 61.6 Å². The van der Waals surface area contributed by atoms with Gasteiger partial charge in [0.1, 0.15) is 5.75 Å². The van der Waals surface area contributed by atoms with Gasteiger partial charge in [-0.05, 0) is 24.6 Å². The van der Waals surface area contributed by atoms with Crippen LogP contribution in [0.2, 0.25) is 25.7 Å². The number of rotatable bonds is 7. The van der Waals surface area contributed by atoms with Crippen molar-refractivity contribution in [2.45, 2.75) is 25.7 Å². The molecule has 1 radical (unpaired) electrons. The van der Waals surface area contributed by atoms with Crippen LogP contribution in [0.1, 0.15) is 5.56 Å². The molecule has 1 aromatic carbocycles. The van der Waals surface area contributed by atoms with E-state index in [4.69, 9.17) is 9.47 Å². The van der Waals surface area contributed by atoms with Gasteiger partial charge in [0.2, 0.25) is 0 Å². The minimum atomic E-state index is -1.10. The van der Waals surface area contributed by atoms with Crippen LogP contribution >= 0.6 is 0 Å². The zero-order valence-electron chi connectivity index (χ0n) is 11.6. The first-order valence-electron chi connectivity index (χ1n) is 6.10. The molecule has 0 spiro atoms. The van der Waals surface area contributed by atoms with E-state index in [2.05, 4.69) is 26.6 Å². The van der Waals surface area contributed by atoms with E-state index in [1.807, 2.05) is 0 Å². The molecule has 5 nitrogen and oxygen atoms in total. The normalized spacial score (nSPS) is 11.4. The minimum Gasteiger partial charge on any atom is -0.467 e. The highest BCUT2D eigenvalue weighted by Gasteiger charge is 2.12. The SMILES string of the molecule is [CH2]c1ccc([N+](=O)[O-])cc1OCOCC[Si](C)(C)C. The van der Waals surface area contributed by atoms with Crippen molar-refractivity contribution in [3.8, 4) is 5.75 Å². The maximum absolute atomic E-state index is 10.7. The van der Waals surface area contributed by atoms with Crippen LogP contribution < -0.4 is 4.74 Å². The number of nitrogens with zero attached hydrogens (tertiary/aromatic N) is 1. The summed E-state index contributed by atoms with van der Waals surface area (Å²) in [5, 5.41) is 10.7. The average Bonchev–Trinajstić information content (AvgIpc) is 2.29. The van der Waals surface area contributed by atoms with Crippen molar-refractivity contribution in [3.05, 3.63) is 40.8 Å². The fraction of sp³-hybridized carbons (Fsp3) is 0.462. The molecule has 0 saturated carbocycles. The second kappa shape index (κ2) is 6.67. The number of hydrogen-bond acceptors (Lipinski definition) is 4. The van der Waals surface area contributed by atoms with Crippen molar-refractivity contribution in [2.24, 2.45) is 0 Å². The smallest absolute Gasteiger partial charge is 0.273 e. The predicted molar refractivity (Wildman–Crippen MR) is 77.2 cm³/mol. The summed E-state index contributed by atoms with van der Waals surface area (Å²) in [6.45, 7) is 11.3. The summed E-state index contributed by atoms with van der Waals surface area (Å²) < 4.78 is 10.8. The molecule has 0 bridgehead atoms. The molecule has 0 atom stereocenters. The van der Waals surface area contributed by atoms with E-state index in [1.54, 1.807) is 6.07 Å². The van der Waals surface area contributed by atoms with E-state index in [9.17, 15) is 10.1 Å². The first-order chi connectivity index (χ1) is 8.79. The molecule has 0 saturated heterocycles. The molecule has 0 aliphatic heterocycles. The van der Waals surface area contributed by atoms with Gasteiger partial charge >= 0.3 is 0 Å². The fourth-order valence-corrected chi connectivity index (χ4v) is 2.09. The molecule has 0 aliphatic carbocycles. The number of hydrogen-bond donors (Lipinski definition) is 0. The lowest BCUT2D eigenvalue weighted by Gasteiger charge is -2.15. The number of nitro groups is 1. The Morgan fingerprint density at radius 2 is 2.05 bits per heavy atom. The lowest BCUT2D eigenvalue weighted by molar-refractivity contribution is -0.385. The predicted octanol–water partition coefficient (Wildman–Crippen LogP) is 3.47. The summed E-state index contributed by atoms with van der Waals surface area (Å²) in [7, 11) is -1.10. The molecule has 1 aromatic rings. The van der Waals surface area contributed by atoms with Gasteiger partial charge in [0.05, 0.1) is 11.0 Å². The largest absolute Gasteiger partial charge is 0.467 e. The maximum atomic E-state index is 10.7. The van der Waals surface area contributed by atoms with Crippen molar-refractivity contribution in [2.75, 3.05) is 13.4 Å². The molecule has 0 aromatic heterocycles. The molecule has 6 heteroatoms. The van der Waals surface area contributed by atoms with Gasteiger partial charge < -0.3 is 9.47 Å². The van der Waals surface area contributed by atoms with Gasteiger partial charge in [0, 0.05) is 20.7 Å². The molecular formula is C13H20NO4Si. The van der Waals surface area contributed by atoms with Gasteiger partial charge in [-0.1, -0.05) is 19.6 Å². The lowest BCUT2D eigenvalue weighted by Crippen LogP contribution is -2.22. The van der Waals surface area contributed by atoms with Crippen molar-refractivity contribution in [3.63, 3.8) is 0 Å². The summed E-state index contributed by atoms with van der Waals surface area (Å²) in [5.74, 6) is 0.391. The monoisotopic (exact) mass is 282 g/mol. The minimum absolute atomic E-state index is 0.00972. The van der Waals surface area contributed by atoms with Gasteiger partial charge in [-0.15, -0.1) is 0 Å². The molecular weight excluding hydrogens is 262 g/mol. The molecule has 0 unspecified atom stereocenters. The van der Waals surface area contributed by atoms with Crippen molar-refractivity contribution in [1.82, 2.24) is 0 Å². The summed E-state index contributed by atoms with van der Waals surface area (Å²) in [4.78, 5) is 10.2. The van der Waals surface area contributed by atoms with Crippen LogP contribution in [0.5, 0.6) is 5.75 Å².